The Morgan fingerprint density at radius 1 is 1.65 bits per heavy atom. The molecule has 2 heterocycles. The third kappa shape index (κ3) is 2.40. The average Bonchev–Trinajstić information content (AvgIpc) is 2.93. The van der Waals surface area contributed by atoms with Crippen LogP contribution in [0.15, 0.2) is 16.7 Å². The number of aromatic nitrogens is 1. The summed E-state index contributed by atoms with van der Waals surface area (Å²) in [5.41, 5.74) is 0.694. The molecular weight excluding hydrogens is 284 g/mol. The highest BCUT2D eigenvalue weighted by Gasteiger charge is 2.30. The summed E-state index contributed by atoms with van der Waals surface area (Å²) >= 11 is 3.39. The van der Waals surface area contributed by atoms with Crippen molar-refractivity contribution in [2.24, 2.45) is 0 Å². The molecule has 2 rings (SSSR count). The largest absolute Gasteiger partial charge is 0.394 e. The number of amides is 1. The van der Waals surface area contributed by atoms with Gasteiger partial charge in [-0.15, -0.1) is 0 Å². The van der Waals surface area contributed by atoms with Crippen molar-refractivity contribution in [1.29, 1.82) is 0 Å². The summed E-state index contributed by atoms with van der Waals surface area (Å²) in [6.07, 6.45) is 3.79. The number of aryl methyl sites for hydroxylation is 1. The van der Waals surface area contributed by atoms with Crippen LogP contribution in [0.5, 0.6) is 0 Å². The monoisotopic (exact) mass is 300 g/mol. The molecule has 0 unspecified atom stereocenters. The first kappa shape index (κ1) is 12.6. The molecule has 17 heavy (non-hydrogen) atoms. The third-order valence-corrected chi connectivity index (χ3v) is 3.71. The van der Waals surface area contributed by atoms with Crippen molar-refractivity contribution in [2.45, 2.75) is 32.4 Å². The van der Waals surface area contributed by atoms with Crippen LogP contribution in [0, 0.1) is 0 Å². The molecule has 0 saturated carbocycles. The third-order valence-electron chi connectivity index (χ3n) is 3.27. The zero-order valence-corrected chi connectivity index (χ0v) is 11.5. The molecular formula is C12H17BrN2O2. The lowest BCUT2D eigenvalue weighted by atomic mass is 10.2. The number of carbonyl (C=O) groups is 1. The van der Waals surface area contributed by atoms with E-state index in [2.05, 4.69) is 15.9 Å². The van der Waals surface area contributed by atoms with E-state index < -0.39 is 0 Å². The van der Waals surface area contributed by atoms with E-state index in [4.69, 9.17) is 0 Å². The van der Waals surface area contributed by atoms with Crippen LogP contribution in [0.25, 0.3) is 0 Å². The zero-order valence-electron chi connectivity index (χ0n) is 9.90. The second kappa shape index (κ2) is 5.23. The number of carbonyl (C=O) groups excluding carboxylic acids is 1. The maximum atomic E-state index is 12.4. The van der Waals surface area contributed by atoms with Gasteiger partial charge in [-0.25, -0.2) is 0 Å². The number of rotatable bonds is 3. The van der Waals surface area contributed by atoms with Crippen LogP contribution in [0.3, 0.4) is 0 Å². The first-order valence-electron chi connectivity index (χ1n) is 5.95. The first-order valence-corrected chi connectivity index (χ1v) is 6.74. The molecule has 0 radical (unpaired) electrons. The fraction of sp³-hybridized carbons (Fsp3) is 0.583. The molecule has 5 heteroatoms. The van der Waals surface area contributed by atoms with Gasteiger partial charge in [0, 0.05) is 23.8 Å². The van der Waals surface area contributed by atoms with Crippen molar-refractivity contribution in [3.05, 3.63) is 22.4 Å². The normalized spacial score (nSPS) is 19.9. The fourth-order valence-corrected chi connectivity index (χ4v) is 2.82. The van der Waals surface area contributed by atoms with Gasteiger partial charge in [-0.05, 0) is 41.8 Å². The summed E-state index contributed by atoms with van der Waals surface area (Å²) in [5, 5.41) is 9.25. The zero-order chi connectivity index (χ0) is 12.4. The minimum atomic E-state index is -0.0125. The minimum Gasteiger partial charge on any atom is -0.394 e. The van der Waals surface area contributed by atoms with Gasteiger partial charge in [0.05, 0.1) is 12.6 Å². The van der Waals surface area contributed by atoms with Crippen molar-refractivity contribution in [3.8, 4) is 0 Å². The Kier molecular flexibility index (Phi) is 3.89. The molecule has 0 aliphatic carbocycles. The van der Waals surface area contributed by atoms with Crippen LogP contribution in [-0.4, -0.2) is 39.7 Å². The van der Waals surface area contributed by atoms with Crippen molar-refractivity contribution >= 4 is 21.8 Å². The quantitative estimate of drug-likeness (QED) is 0.926. The standard InChI is InChI=1S/C12H17BrN2O2/c1-2-14-7-9(13)6-11(14)12(17)15-5-3-4-10(15)8-16/h6-7,10,16H,2-5,8H2,1H3/t10-/m0/s1. The molecule has 94 valence electrons. The topological polar surface area (TPSA) is 45.5 Å². The molecule has 1 atom stereocenters. The molecule has 4 nitrogen and oxygen atoms in total. The number of likely N-dealkylation sites (tertiary alicyclic amines) is 1. The van der Waals surface area contributed by atoms with E-state index in [1.165, 1.54) is 0 Å². The van der Waals surface area contributed by atoms with Crippen LogP contribution < -0.4 is 0 Å². The highest BCUT2D eigenvalue weighted by molar-refractivity contribution is 9.10. The fourth-order valence-electron chi connectivity index (χ4n) is 2.36. The highest BCUT2D eigenvalue weighted by atomic mass is 79.9. The Morgan fingerprint density at radius 3 is 3.06 bits per heavy atom. The van der Waals surface area contributed by atoms with E-state index in [1.54, 1.807) is 4.90 Å². The Balaban J connectivity index is 2.24. The van der Waals surface area contributed by atoms with E-state index in [1.807, 2.05) is 23.8 Å². The maximum Gasteiger partial charge on any atom is 0.270 e. The Morgan fingerprint density at radius 2 is 2.41 bits per heavy atom. The van der Waals surface area contributed by atoms with Crippen molar-refractivity contribution in [1.82, 2.24) is 9.47 Å². The smallest absolute Gasteiger partial charge is 0.270 e. The molecule has 0 bridgehead atoms. The molecule has 0 spiro atoms. The van der Waals surface area contributed by atoms with E-state index in [-0.39, 0.29) is 18.6 Å². The molecule has 1 fully saturated rings. The van der Waals surface area contributed by atoms with Gasteiger partial charge in [-0.2, -0.15) is 0 Å². The van der Waals surface area contributed by atoms with Gasteiger partial charge in [0.15, 0.2) is 0 Å². The summed E-state index contributed by atoms with van der Waals surface area (Å²) in [4.78, 5) is 14.2. The average molecular weight is 301 g/mol. The minimum absolute atomic E-state index is 0.0125. The van der Waals surface area contributed by atoms with Crippen LogP contribution in [0.1, 0.15) is 30.3 Å². The lowest BCUT2D eigenvalue weighted by Crippen LogP contribution is -2.38. The summed E-state index contributed by atoms with van der Waals surface area (Å²) in [6, 6.07) is 1.83. The maximum absolute atomic E-state index is 12.4. The van der Waals surface area contributed by atoms with Gasteiger partial charge >= 0.3 is 0 Å². The number of aliphatic hydroxyl groups is 1. The number of halogens is 1. The lowest BCUT2D eigenvalue weighted by molar-refractivity contribution is 0.0667. The van der Waals surface area contributed by atoms with Gasteiger partial charge in [0.25, 0.3) is 5.91 Å². The van der Waals surface area contributed by atoms with Crippen molar-refractivity contribution in [3.63, 3.8) is 0 Å². The molecule has 1 aliphatic rings. The Bertz CT molecular complexity index is 417. The summed E-state index contributed by atoms with van der Waals surface area (Å²) < 4.78 is 2.85. The second-order valence-corrected chi connectivity index (χ2v) is 5.22. The van der Waals surface area contributed by atoms with E-state index in [9.17, 15) is 9.90 Å². The SMILES string of the molecule is CCn1cc(Br)cc1C(=O)N1CCC[C@H]1CO. The molecule has 1 N–H and O–H groups in total. The summed E-state index contributed by atoms with van der Waals surface area (Å²) in [6.45, 7) is 3.58. The molecule has 0 aromatic carbocycles. The first-order chi connectivity index (χ1) is 8.17. The number of aliphatic hydroxyl groups excluding tert-OH is 1. The van der Waals surface area contributed by atoms with E-state index >= 15 is 0 Å². The predicted molar refractivity (Wildman–Crippen MR) is 69.0 cm³/mol. The van der Waals surface area contributed by atoms with Crippen LogP contribution in [-0.2, 0) is 6.54 Å². The molecule has 1 aromatic heterocycles. The van der Waals surface area contributed by atoms with E-state index in [0.29, 0.717) is 5.69 Å². The van der Waals surface area contributed by atoms with Gasteiger partial charge in [0.1, 0.15) is 5.69 Å². The van der Waals surface area contributed by atoms with Crippen molar-refractivity contribution < 1.29 is 9.90 Å². The predicted octanol–water partition coefficient (Wildman–Crippen LogP) is 1.87. The van der Waals surface area contributed by atoms with Gasteiger partial charge in [-0.3, -0.25) is 4.79 Å². The van der Waals surface area contributed by atoms with Gasteiger partial charge in [-0.1, -0.05) is 0 Å². The number of hydrogen-bond acceptors (Lipinski definition) is 2. The molecule has 1 saturated heterocycles. The summed E-state index contributed by atoms with van der Waals surface area (Å²) in [5.74, 6) is 0.0223. The highest BCUT2D eigenvalue weighted by Crippen LogP contribution is 2.22. The molecule has 1 aliphatic heterocycles. The van der Waals surface area contributed by atoms with Gasteiger partial charge < -0.3 is 14.6 Å². The number of nitrogens with zero attached hydrogens (tertiary/aromatic N) is 2. The van der Waals surface area contributed by atoms with E-state index in [0.717, 1.165) is 30.4 Å². The van der Waals surface area contributed by atoms with Gasteiger partial charge in [0.2, 0.25) is 0 Å². The molecule has 1 aromatic rings. The van der Waals surface area contributed by atoms with Crippen LogP contribution in [0.2, 0.25) is 0 Å². The summed E-state index contributed by atoms with van der Waals surface area (Å²) in [7, 11) is 0. The molecule has 1 amide bonds. The number of hydrogen-bond donors (Lipinski definition) is 1. The van der Waals surface area contributed by atoms with Crippen LogP contribution >= 0.6 is 15.9 Å². The Hall–Kier alpha value is -0.810. The van der Waals surface area contributed by atoms with Crippen molar-refractivity contribution in [2.75, 3.05) is 13.2 Å². The Labute approximate surface area is 109 Å². The van der Waals surface area contributed by atoms with Crippen LogP contribution in [0.4, 0.5) is 0 Å². The second-order valence-electron chi connectivity index (χ2n) is 4.31. The lowest BCUT2D eigenvalue weighted by Gasteiger charge is -2.23.